The van der Waals surface area contributed by atoms with Crippen LogP contribution in [0.3, 0.4) is 0 Å². The van der Waals surface area contributed by atoms with Gasteiger partial charge in [-0.2, -0.15) is 0 Å². The van der Waals surface area contributed by atoms with Crippen molar-refractivity contribution < 1.29 is 5.11 Å². The minimum absolute atomic E-state index is 0.171. The number of aliphatic hydroxyl groups is 1. The van der Waals surface area contributed by atoms with Crippen molar-refractivity contribution in [3.05, 3.63) is 29.6 Å². The van der Waals surface area contributed by atoms with E-state index in [1.807, 2.05) is 12.3 Å². The normalized spacial score (nSPS) is 18.1. The van der Waals surface area contributed by atoms with Crippen LogP contribution in [-0.2, 0) is 12.8 Å². The van der Waals surface area contributed by atoms with Gasteiger partial charge in [0, 0.05) is 18.3 Å². The zero-order valence-electron chi connectivity index (χ0n) is 8.61. The van der Waals surface area contributed by atoms with Crippen molar-refractivity contribution in [3.63, 3.8) is 0 Å². The van der Waals surface area contributed by atoms with Crippen molar-refractivity contribution >= 4 is 0 Å². The summed E-state index contributed by atoms with van der Waals surface area (Å²) in [5, 5.41) is 9.73. The minimum Gasteiger partial charge on any atom is -0.392 e. The highest BCUT2D eigenvalue weighted by molar-refractivity contribution is 5.14. The highest BCUT2D eigenvalue weighted by atomic mass is 16.3. The molecule has 1 aromatic heterocycles. The Labute approximate surface area is 85.0 Å². The van der Waals surface area contributed by atoms with Gasteiger partial charge in [0.05, 0.1) is 6.10 Å². The van der Waals surface area contributed by atoms with Gasteiger partial charge in [0.15, 0.2) is 0 Å². The molecule has 1 aliphatic carbocycles. The fraction of sp³-hybridized carbons (Fsp3) is 0.583. The Morgan fingerprint density at radius 3 is 2.79 bits per heavy atom. The third kappa shape index (κ3) is 2.32. The van der Waals surface area contributed by atoms with Crippen molar-refractivity contribution in [1.82, 2.24) is 4.98 Å². The lowest BCUT2D eigenvalue weighted by molar-refractivity contribution is 0.150. The Morgan fingerprint density at radius 1 is 1.50 bits per heavy atom. The number of nitrogens with zero attached hydrogens (tertiary/aromatic N) is 1. The molecule has 2 heteroatoms. The van der Waals surface area contributed by atoms with Crippen LogP contribution in [0.25, 0.3) is 0 Å². The van der Waals surface area contributed by atoms with E-state index in [-0.39, 0.29) is 6.10 Å². The van der Waals surface area contributed by atoms with E-state index in [2.05, 4.69) is 18.0 Å². The van der Waals surface area contributed by atoms with Gasteiger partial charge in [0.25, 0.3) is 0 Å². The molecule has 1 saturated carbocycles. The highest BCUT2D eigenvalue weighted by Gasteiger charge is 2.29. The summed E-state index contributed by atoms with van der Waals surface area (Å²) in [4.78, 5) is 4.34. The van der Waals surface area contributed by atoms with Crippen LogP contribution >= 0.6 is 0 Å². The highest BCUT2D eigenvalue weighted by Crippen LogP contribution is 2.33. The molecule has 0 saturated heterocycles. The Balaban J connectivity index is 1.95. The van der Waals surface area contributed by atoms with Gasteiger partial charge in [-0.3, -0.25) is 4.98 Å². The van der Waals surface area contributed by atoms with E-state index >= 15 is 0 Å². The number of hydrogen-bond donors (Lipinski definition) is 1. The smallest absolute Gasteiger partial charge is 0.0623 e. The van der Waals surface area contributed by atoms with Crippen LogP contribution in [0.15, 0.2) is 18.3 Å². The monoisotopic (exact) mass is 191 g/mol. The average Bonchev–Trinajstić information content (AvgIpc) is 3.02. The first-order valence-corrected chi connectivity index (χ1v) is 5.41. The molecule has 1 N–H and O–H groups in total. The molecular weight excluding hydrogens is 174 g/mol. The summed E-state index contributed by atoms with van der Waals surface area (Å²) in [6.07, 6.45) is 5.86. The topological polar surface area (TPSA) is 33.1 Å². The lowest BCUT2D eigenvalue weighted by atomic mass is 10.1. The number of rotatable bonds is 4. The van der Waals surface area contributed by atoms with E-state index < -0.39 is 0 Å². The first-order valence-electron chi connectivity index (χ1n) is 5.41. The zero-order chi connectivity index (χ0) is 9.97. The van der Waals surface area contributed by atoms with Crippen LogP contribution in [0.2, 0.25) is 0 Å². The average molecular weight is 191 g/mol. The summed E-state index contributed by atoms with van der Waals surface area (Å²) in [7, 11) is 0. The summed E-state index contributed by atoms with van der Waals surface area (Å²) < 4.78 is 0. The standard InChI is InChI=1S/C12H17NO/c1-2-9-3-6-11(13-8-9)7-12(14)10-4-5-10/h3,6,8,10,12,14H,2,4-5,7H2,1H3. The largest absolute Gasteiger partial charge is 0.392 e. The molecule has 1 aromatic rings. The molecule has 1 heterocycles. The van der Waals surface area contributed by atoms with Crippen LogP contribution < -0.4 is 0 Å². The van der Waals surface area contributed by atoms with E-state index in [1.165, 1.54) is 18.4 Å². The van der Waals surface area contributed by atoms with Crippen LogP contribution in [0.1, 0.15) is 31.0 Å². The second-order valence-corrected chi connectivity index (χ2v) is 4.12. The van der Waals surface area contributed by atoms with Crippen molar-refractivity contribution in [3.8, 4) is 0 Å². The van der Waals surface area contributed by atoms with Crippen LogP contribution in [0.5, 0.6) is 0 Å². The first-order chi connectivity index (χ1) is 6.79. The molecular formula is C12H17NO. The first kappa shape index (κ1) is 9.66. The third-order valence-electron chi connectivity index (χ3n) is 2.88. The van der Waals surface area contributed by atoms with E-state index in [0.29, 0.717) is 12.3 Å². The van der Waals surface area contributed by atoms with Gasteiger partial charge in [-0.1, -0.05) is 13.0 Å². The SMILES string of the molecule is CCc1ccc(CC(O)C2CC2)nc1. The molecule has 0 spiro atoms. The maximum absolute atomic E-state index is 9.73. The van der Waals surface area contributed by atoms with E-state index in [0.717, 1.165) is 12.1 Å². The van der Waals surface area contributed by atoms with Crippen molar-refractivity contribution in [2.24, 2.45) is 5.92 Å². The minimum atomic E-state index is -0.171. The molecule has 14 heavy (non-hydrogen) atoms. The zero-order valence-corrected chi connectivity index (χ0v) is 8.61. The Kier molecular flexibility index (Phi) is 2.82. The van der Waals surface area contributed by atoms with Crippen molar-refractivity contribution in [1.29, 1.82) is 0 Å². The Morgan fingerprint density at radius 2 is 2.29 bits per heavy atom. The van der Waals surface area contributed by atoms with Gasteiger partial charge in [0.1, 0.15) is 0 Å². The number of hydrogen-bond acceptors (Lipinski definition) is 2. The molecule has 0 aliphatic heterocycles. The fourth-order valence-corrected chi connectivity index (χ4v) is 1.65. The summed E-state index contributed by atoms with van der Waals surface area (Å²) >= 11 is 0. The second kappa shape index (κ2) is 4.09. The summed E-state index contributed by atoms with van der Waals surface area (Å²) in [6, 6.07) is 4.13. The molecule has 76 valence electrons. The van der Waals surface area contributed by atoms with E-state index in [1.54, 1.807) is 0 Å². The molecule has 0 bridgehead atoms. The summed E-state index contributed by atoms with van der Waals surface area (Å²) in [5.74, 6) is 0.544. The molecule has 1 unspecified atom stereocenters. The summed E-state index contributed by atoms with van der Waals surface area (Å²) in [5.41, 5.74) is 2.27. The molecule has 0 radical (unpaired) electrons. The third-order valence-corrected chi connectivity index (χ3v) is 2.88. The molecule has 0 aromatic carbocycles. The van der Waals surface area contributed by atoms with Gasteiger partial charge in [-0.25, -0.2) is 0 Å². The van der Waals surface area contributed by atoms with E-state index in [9.17, 15) is 5.11 Å². The number of aromatic nitrogens is 1. The Bertz CT molecular complexity index is 290. The predicted octanol–water partition coefficient (Wildman–Crippen LogP) is 1.96. The van der Waals surface area contributed by atoms with Gasteiger partial charge in [-0.05, 0) is 36.8 Å². The Hall–Kier alpha value is -0.890. The number of pyridine rings is 1. The molecule has 1 atom stereocenters. The van der Waals surface area contributed by atoms with Crippen LogP contribution in [0.4, 0.5) is 0 Å². The van der Waals surface area contributed by atoms with Crippen molar-refractivity contribution in [2.45, 2.75) is 38.7 Å². The van der Waals surface area contributed by atoms with Gasteiger partial charge >= 0.3 is 0 Å². The summed E-state index contributed by atoms with van der Waals surface area (Å²) in [6.45, 7) is 2.12. The maximum Gasteiger partial charge on any atom is 0.0623 e. The van der Waals surface area contributed by atoms with Gasteiger partial charge in [0.2, 0.25) is 0 Å². The molecule has 2 nitrogen and oxygen atoms in total. The second-order valence-electron chi connectivity index (χ2n) is 4.12. The van der Waals surface area contributed by atoms with E-state index in [4.69, 9.17) is 0 Å². The van der Waals surface area contributed by atoms with Crippen LogP contribution in [0, 0.1) is 5.92 Å². The molecule has 0 amide bonds. The van der Waals surface area contributed by atoms with Crippen molar-refractivity contribution in [2.75, 3.05) is 0 Å². The molecule has 2 rings (SSSR count). The fourth-order valence-electron chi connectivity index (χ4n) is 1.65. The molecule has 1 fully saturated rings. The molecule has 1 aliphatic rings. The van der Waals surface area contributed by atoms with Crippen LogP contribution in [-0.4, -0.2) is 16.2 Å². The van der Waals surface area contributed by atoms with Gasteiger partial charge < -0.3 is 5.11 Å². The number of aliphatic hydroxyl groups excluding tert-OH is 1. The predicted molar refractivity (Wildman–Crippen MR) is 56.0 cm³/mol. The van der Waals surface area contributed by atoms with Gasteiger partial charge in [-0.15, -0.1) is 0 Å². The number of aryl methyl sites for hydroxylation is 1. The lowest BCUT2D eigenvalue weighted by Crippen LogP contribution is -2.13. The lowest BCUT2D eigenvalue weighted by Gasteiger charge is -2.08. The quantitative estimate of drug-likeness (QED) is 0.789. The maximum atomic E-state index is 9.73.